The van der Waals surface area contributed by atoms with Gasteiger partial charge in [-0.2, -0.15) is 4.98 Å². The summed E-state index contributed by atoms with van der Waals surface area (Å²) in [6.45, 7) is 5.56. The molecule has 0 aliphatic heterocycles. The molecule has 2 rings (SSSR count). The molecular weight excluding hydrogens is 285 g/mol. The second kappa shape index (κ2) is 4.86. The smallest absolute Gasteiger partial charge is 0.277 e. The highest BCUT2D eigenvalue weighted by Crippen LogP contribution is 2.22. The Morgan fingerprint density at radius 2 is 2.00 bits per heavy atom. The quantitative estimate of drug-likeness (QED) is 0.940. The molecule has 0 amide bonds. The summed E-state index contributed by atoms with van der Waals surface area (Å²) in [4.78, 5) is 3.74. The third-order valence-electron chi connectivity index (χ3n) is 2.40. The van der Waals surface area contributed by atoms with Gasteiger partial charge in [-0.05, 0) is 23.4 Å². The molecule has 6 nitrogen and oxygen atoms in total. The van der Waals surface area contributed by atoms with Gasteiger partial charge in [-0.3, -0.25) is 0 Å². The monoisotopic (exact) mass is 299 g/mol. The van der Waals surface area contributed by atoms with E-state index in [9.17, 15) is 12.8 Å². The SMILES string of the molecule is CC(C)(C)c1nc(NS(=O)(=O)c2cccc(F)c2)no1. The summed E-state index contributed by atoms with van der Waals surface area (Å²) in [5.74, 6) is -0.523. The van der Waals surface area contributed by atoms with Gasteiger partial charge in [-0.15, -0.1) is 0 Å². The number of hydrogen-bond donors (Lipinski definition) is 1. The molecular formula is C12H14FN3O3S. The molecule has 1 N–H and O–H groups in total. The fourth-order valence-electron chi connectivity index (χ4n) is 1.38. The van der Waals surface area contributed by atoms with E-state index in [1.807, 2.05) is 20.8 Å². The van der Waals surface area contributed by atoms with Crippen LogP contribution >= 0.6 is 0 Å². The van der Waals surface area contributed by atoms with Crippen LogP contribution in [0.2, 0.25) is 0 Å². The maximum Gasteiger partial charge on any atom is 0.277 e. The molecule has 0 bridgehead atoms. The van der Waals surface area contributed by atoms with E-state index in [1.54, 1.807) is 0 Å². The van der Waals surface area contributed by atoms with Crippen molar-refractivity contribution in [1.29, 1.82) is 0 Å². The van der Waals surface area contributed by atoms with Gasteiger partial charge in [0.1, 0.15) is 5.82 Å². The molecule has 2 aromatic rings. The molecule has 0 unspecified atom stereocenters. The van der Waals surface area contributed by atoms with E-state index in [2.05, 4.69) is 14.9 Å². The van der Waals surface area contributed by atoms with Crippen LogP contribution in [0.25, 0.3) is 0 Å². The predicted molar refractivity (Wildman–Crippen MR) is 70.2 cm³/mol. The number of sulfonamides is 1. The van der Waals surface area contributed by atoms with Crippen LogP contribution in [-0.2, 0) is 15.4 Å². The topological polar surface area (TPSA) is 85.1 Å². The highest BCUT2D eigenvalue weighted by Gasteiger charge is 2.24. The van der Waals surface area contributed by atoms with E-state index in [0.717, 1.165) is 12.1 Å². The number of anilines is 1. The van der Waals surface area contributed by atoms with Gasteiger partial charge in [-0.1, -0.05) is 26.8 Å². The minimum absolute atomic E-state index is 0.181. The molecule has 0 radical (unpaired) electrons. The largest absolute Gasteiger partial charge is 0.337 e. The number of nitrogens with zero attached hydrogens (tertiary/aromatic N) is 2. The fraction of sp³-hybridized carbons (Fsp3) is 0.333. The number of nitrogens with one attached hydrogen (secondary N) is 1. The minimum Gasteiger partial charge on any atom is -0.337 e. The molecule has 1 aromatic carbocycles. The lowest BCUT2D eigenvalue weighted by Gasteiger charge is -2.10. The van der Waals surface area contributed by atoms with Gasteiger partial charge in [0.25, 0.3) is 16.0 Å². The first kappa shape index (κ1) is 14.4. The lowest BCUT2D eigenvalue weighted by molar-refractivity contribution is 0.321. The summed E-state index contributed by atoms with van der Waals surface area (Å²) >= 11 is 0. The summed E-state index contributed by atoms with van der Waals surface area (Å²) in [5.41, 5.74) is -0.393. The van der Waals surface area contributed by atoms with Crippen LogP contribution in [0.3, 0.4) is 0 Å². The Kier molecular flexibility index (Phi) is 3.51. The van der Waals surface area contributed by atoms with Gasteiger partial charge in [0, 0.05) is 5.41 Å². The molecule has 0 spiro atoms. The molecule has 0 atom stereocenters. The van der Waals surface area contributed by atoms with Crippen LogP contribution < -0.4 is 4.72 Å². The van der Waals surface area contributed by atoms with Crippen molar-refractivity contribution in [3.63, 3.8) is 0 Å². The summed E-state index contributed by atoms with van der Waals surface area (Å²) in [6, 6.07) is 4.65. The third kappa shape index (κ3) is 3.13. The normalized spacial score (nSPS) is 12.4. The molecule has 0 fully saturated rings. The Balaban J connectivity index is 2.27. The van der Waals surface area contributed by atoms with Crippen LogP contribution in [-0.4, -0.2) is 18.6 Å². The average molecular weight is 299 g/mol. The van der Waals surface area contributed by atoms with Crippen LogP contribution in [0.5, 0.6) is 0 Å². The maximum atomic E-state index is 13.1. The van der Waals surface area contributed by atoms with Crippen molar-refractivity contribution in [2.24, 2.45) is 0 Å². The summed E-state index contributed by atoms with van der Waals surface area (Å²) < 4.78 is 44.2. The first-order valence-electron chi connectivity index (χ1n) is 5.81. The van der Waals surface area contributed by atoms with Gasteiger partial charge in [-0.25, -0.2) is 17.5 Å². The Labute approximate surface area is 116 Å². The number of halogens is 1. The maximum absolute atomic E-state index is 13.1. The van der Waals surface area contributed by atoms with Gasteiger partial charge < -0.3 is 4.52 Å². The number of benzene rings is 1. The van der Waals surface area contributed by atoms with Crippen molar-refractivity contribution >= 4 is 16.0 Å². The molecule has 108 valence electrons. The van der Waals surface area contributed by atoms with Crippen molar-refractivity contribution in [3.05, 3.63) is 36.0 Å². The Morgan fingerprint density at radius 1 is 1.30 bits per heavy atom. The molecule has 0 aliphatic rings. The van der Waals surface area contributed by atoms with Crippen molar-refractivity contribution in [3.8, 4) is 0 Å². The lowest BCUT2D eigenvalue weighted by Crippen LogP contribution is -2.15. The van der Waals surface area contributed by atoms with Crippen LogP contribution in [0.4, 0.5) is 10.3 Å². The number of rotatable bonds is 3. The second-order valence-electron chi connectivity index (χ2n) is 5.24. The highest BCUT2D eigenvalue weighted by molar-refractivity contribution is 7.92. The van der Waals surface area contributed by atoms with E-state index < -0.39 is 21.3 Å². The predicted octanol–water partition coefficient (Wildman–Crippen LogP) is 2.31. The molecule has 1 heterocycles. The van der Waals surface area contributed by atoms with E-state index in [1.165, 1.54) is 12.1 Å². The Morgan fingerprint density at radius 3 is 2.55 bits per heavy atom. The van der Waals surface area contributed by atoms with E-state index in [4.69, 9.17) is 4.52 Å². The fourth-order valence-corrected chi connectivity index (χ4v) is 2.35. The van der Waals surface area contributed by atoms with Crippen LogP contribution in [0.1, 0.15) is 26.7 Å². The van der Waals surface area contributed by atoms with Gasteiger partial charge in [0.2, 0.25) is 5.89 Å². The summed E-state index contributed by atoms with van der Waals surface area (Å²) in [6.07, 6.45) is 0. The molecule has 0 saturated heterocycles. The van der Waals surface area contributed by atoms with Gasteiger partial charge >= 0.3 is 0 Å². The van der Waals surface area contributed by atoms with Crippen LogP contribution in [0.15, 0.2) is 33.7 Å². The highest BCUT2D eigenvalue weighted by atomic mass is 32.2. The lowest BCUT2D eigenvalue weighted by atomic mass is 9.97. The van der Waals surface area contributed by atoms with E-state index in [0.29, 0.717) is 5.89 Å². The zero-order chi connectivity index (χ0) is 15.0. The summed E-state index contributed by atoms with van der Waals surface area (Å²) in [5, 5.41) is 3.55. The third-order valence-corrected chi connectivity index (χ3v) is 3.73. The first-order valence-corrected chi connectivity index (χ1v) is 7.29. The van der Waals surface area contributed by atoms with Gasteiger partial charge in [0.05, 0.1) is 4.90 Å². The Hall–Kier alpha value is -1.96. The second-order valence-corrected chi connectivity index (χ2v) is 6.92. The molecule has 8 heteroatoms. The van der Waals surface area contributed by atoms with E-state index in [-0.39, 0.29) is 10.8 Å². The number of aromatic nitrogens is 2. The summed E-state index contributed by atoms with van der Waals surface area (Å²) in [7, 11) is -3.94. The zero-order valence-corrected chi connectivity index (χ0v) is 12.0. The van der Waals surface area contributed by atoms with Crippen molar-refractivity contribution in [2.45, 2.75) is 31.1 Å². The minimum atomic E-state index is -3.94. The Bertz CT molecular complexity index is 720. The average Bonchev–Trinajstić information content (AvgIpc) is 2.76. The molecule has 1 aromatic heterocycles. The van der Waals surface area contributed by atoms with E-state index >= 15 is 0 Å². The zero-order valence-electron chi connectivity index (χ0n) is 11.2. The van der Waals surface area contributed by atoms with Crippen molar-refractivity contribution in [1.82, 2.24) is 10.1 Å². The van der Waals surface area contributed by atoms with Crippen LogP contribution in [0, 0.1) is 5.82 Å². The number of hydrogen-bond acceptors (Lipinski definition) is 5. The molecule has 0 aliphatic carbocycles. The van der Waals surface area contributed by atoms with Gasteiger partial charge in [0.15, 0.2) is 0 Å². The first-order chi connectivity index (χ1) is 9.18. The van der Waals surface area contributed by atoms with Crippen molar-refractivity contribution < 1.29 is 17.3 Å². The standard InChI is InChI=1S/C12H14FN3O3S/c1-12(2,3)10-14-11(15-19-10)16-20(17,18)9-6-4-5-8(13)7-9/h4-7H,1-3H3,(H,15,16). The molecule has 20 heavy (non-hydrogen) atoms. The molecule has 0 saturated carbocycles. The van der Waals surface area contributed by atoms with Crippen molar-refractivity contribution in [2.75, 3.05) is 4.72 Å².